The number of alkyl halides is 6. The van der Waals surface area contributed by atoms with E-state index in [1.165, 1.54) is 0 Å². The van der Waals surface area contributed by atoms with E-state index in [1.807, 2.05) is 0 Å². The van der Waals surface area contributed by atoms with Crippen LogP contribution in [0.3, 0.4) is 0 Å². The molecule has 18 heteroatoms. The molecule has 0 aliphatic rings. The number of ether oxygens (including phenoxy) is 1. The molecule has 46 heavy (non-hydrogen) atoms. The van der Waals surface area contributed by atoms with E-state index in [4.69, 9.17) is 27.9 Å². The quantitative estimate of drug-likeness (QED) is 0.173. The third kappa shape index (κ3) is 7.85. The molecule has 0 saturated heterocycles. The first-order valence-electron chi connectivity index (χ1n) is 12.4. The second kappa shape index (κ2) is 13.5. The number of halogens is 10. The molecular weight excluding hydrogens is 679 g/mol. The van der Waals surface area contributed by atoms with Crippen molar-refractivity contribution < 1.29 is 45.0 Å². The van der Waals surface area contributed by atoms with Crippen molar-refractivity contribution in [3.05, 3.63) is 113 Å². The third-order valence-electron chi connectivity index (χ3n) is 6.00. The van der Waals surface area contributed by atoms with Crippen molar-refractivity contribution in [3.8, 4) is 22.9 Å². The van der Waals surface area contributed by atoms with E-state index in [1.54, 1.807) is 6.92 Å². The van der Waals surface area contributed by atoms with Crippen molar-refractivity contribution in [2.45, 2.75) is 33.1 Å². The number of nitrogens with zero attached hydrogens (tertiary/aromatic N) is 4. The van der Waals surface area contributed by atoms with Crippen LogP contribution < -0.4 is 15.9 Å². The minimum absolute atomic E-state index is 0.0484. The molecule has 0 radical (unpaired) electrons. The lowest BCUT2D eigenvalue weighted by Gasteiger charge is -2.14. The standard InChI is InChI=1S/C16H13ClF4N2O2.C12H7ClF4N2O2/c1-8(2)7-25-14-5-13(12(18)4-11(14)17)23-15(24)9(3)10(6-22-23)16(19,20)21;1-5-6(12(15,16)17)4-18-19(11(5)21)9-3-10(20)7(13)2-8(9)14/h4-6H,1,7H2,2-3H3;2-4,20H,1H3. The van der Waals surface area contributed by atoms with Crippen molar-refractivity contribution in [2.24, 2.45) is 0 Å². The van der Waals surface area contributed by atoms with E-state index in [2.05, 4.69) is 16.8 Å². The van der Waals surface area contributed by atoms with Gasteiger partial charge in [0.15, 0.2) is 11.6 Å². The molecule has 4 rings (SSSR count). The Morgan fingerprint density at radius 1 is 0.826 bits per heavy atom. The van der Waals surface area contributed by atoms with Crippen LogP contribution in [-0.4, -0.2) is 31.3 Å². The Bertz CT molecular complexity index is 1940. The molecule has 0 amide bonds. The van der Waals surface area contributed by atoms with Crippen molar-refractivity contribution in [1.82, 2.24) is 19.6 Å². The summed E-state index contributed by atoms with van der Waals surface area (Å²) in [5.74, 6) is -2.42. The molecule has 0 atom stereocenters. The second-order valence-corrected chi connectivity index (χ2v) is 10.3. The topological polar surface area (TPSA) is 99.2 Å². The minimum Gasteiger partial charge on any atom is -0.506 e. The maximum Gasteiger partial charge on any atom is 0.418 e. The summed E-state index contributed by atoms with van der Waals surface area (Å²) >= 11 is 11.4. The molecule has 1 N–H and O–H groups in total. The van der Waals surface area contributed by atoms with Gasteiger partial charge in [-0.15, -0.1) is 0 Å². The van der Waals surface area contributed by atoms with Crippen LogP contribution in [0.1, 0.15) is 29.2 Å². The van der Waals surface area contributed by atoms with Crippen LogP contribution >= 0.6 is 23.2 Å². The second-order valence-electron chi connectivity index (χ2n) is 9.53. The third-order valence-corrected chi connectivity index (χ3v) is 6.60. The molecule has 0 spiro atoms. The highest BCUT2D eigenvalue weighted by atomic mass is 35.5. The number of hydrogen-bond acceptors (Lipinski definition) is 6. The van der Waals surface area contributed by atoms with Crippen LogP contribution in [0.5, 0.6) is 11.5 Å². The van der Waals surface area contributed by atoms with E-state index >= 15 is 0 Å². The van der Waals surface area contributed by atoms with Gasteiger partial charge in [0.25, 0.3) is 11.1 Å². The van der Waals surface area contributed by atoms with E-state index in [0.29, 0.717) is 27.3 Å². The largest absolute Gasteiger partial charge is 0.506 e. The summed E-state index contributed by atoms with van der Waals surface area (Å²) in [4.78, 5) is 24.1. The molecule has 0 aliphatic carbocycles. The molecule has 8 nitrogen and oxygen atoms in total. The number of phenolic OH excluding ortho intramolecular Hbond substituents is 1. The summed E-state index contributed by atoms with van der Waals surface area (Å²) < 4.78 is 111. The molecule has 246 valence electrons. The highest BCUT2D eigenvalue weighted by Gasteiger charge is 2.35. The number of rotatable bonds is 5. The van der Waals surface area contributed by atoms with Gasteiger partial charge in [0, 0.05) is 23.3 Å². The first kappa shape index (κ1) is 36.0. The zero-order valence-electron chi connectivity index (χ0n) is 23.6. The van der Waals surface area contributed by atoms with Gasteiger partial charge in [-0.25, -0.2) is 8.78 Å². The maximum absolute atomic E-state index is 14.2. The fourth-order valence-electron chi connectivity index (χ4n) is 3.67. The van der Waals surface area contributed by atoms with Gasteiger partial charge in [-0.05, 0) is 38.5 Å². The number of hydrogen-bond donors (Lipinski definition) is 1. The average molecular weight is 699 g/mol. The van der Waals surface area contributed by atoms with Crippen LogP contribution in [0.15, 0.2) is 58.4 Å². The Hall–Kier alpha value is -4.44. The fraction of sp³-hybridized carbons (Fsp3) is 0.214. The van der Waals surface area contributed by atoms with Gasteiger partial charge in [0.1, 0.15) is 29.5 Å². The molecule has 0 bridgehead atoms. The first-order valence-corrected chi connectivity index (χ1v) is 13.2. The monoisotopic (exact) mass is 698 g/mol. The molecule has 2 heterocycles. The van der Waals surface area contributed by atoms with Crippen molar-refractivity contribution in [2.75, 3.05) is 6.61 Å². The zero-order valence-corrected chi connectivity index (χ0v) is 25.1. The van der Waals surface area contributed by atoms with Crippen LogP contribution in [0, 0.1) is 25.5 Å². The lowest BCUT2D eigenvalue weighted by Crippen LogP contribution is -2.27. The summed E-state index contributed by atoms with van der Waals surface area (Å²) in [5, 5.41) is 15.8. The maximum atomic E-state index is 14.2. The van der Waals surface area contributed by atoms with Gasteiger partial charge in [-0.2, -0.15) is 45.9 Å². The van der Waals surface area contributed by atoms with E-state index < -0.39 is 68.8 Å². The molecule has 0 unspecified atom stereocenters. The summed E-state index contributed by atoms with van der Waals surface area (Å²) in [7, 11) is 0. The zero-order chi connectivity index (χ0) is 34.9. The van der Waals surface area contributed by atoms with Gasteiger partial charge in [-0.1, -0.05) is 29.8 Å². The SMILES string of the molecule is C=C(C)COc1cc(-n2ncc(C(F)(F)F)c(C)c2=O)c(F)cc1Cl.Cc1c(C(F)(F)F)cnn(-c2cc(O)c(Cl)cc2F)c1=O. The minimum atomic E-state index is -4.74. The summed E-state index contributed by atoms with van der Waals surface area (Å²) in [6.07, 6.45) is -8.58. The molecular formula is C28H20Cl2F8N4O4. The highest BCUT2D eigenvalue weighted by Crippen LogP contribution is 2.33. The Labute approximate surface area is 263 Å². The summed E-state index contributed by atoms with van der Waals surface area (Å²) in [6.45, 7) is 7.39. The van der Waals surface area contributed by atoms with Crippen LogP contribution in [-0.2, 0) is 12.4 Å². The molecule has 2 aromatic heterocycles. The Morgan fingerprint density at radius 3 is 1.65 bits per heavy atom. The molecule has 2 aromatic carbocycles. The predicted molar refractivity (Wildman–Crippen MR) is 151 cm³/mol. The Kier molecular flexibility index (Phi) is 10.6. The molecule has 0 saturated carbocycles. The van der Waals surface area contributed by atoms with Crippen molar-refractivity contribution >= 4 is 23.2 Å². The number of aromatic nitrogens is 4. The molecule has 0 aliphatic heterocycles. The van der Waals surface area contributed by atoms with Gasteiger partial charge < -0.3 is 9.84 Å². The number of benzene rings is 2. The first-order chi connectivity index (χ1) is 21.1. The van der Waals surface area contributed by atoms with Crippen LogP contribution in [0.25, 0.3) is 11.4 Å². The van der Waals surface area contributed by atoms with E-state index in [-0.39, 0.29) is 28.1 Å². The number of phenols is 1. The predicted octanol–water partition coefficient (Wildman–Crippen LogP) is 7.36. The van der Waals surface area contributed by atoms with Gasteiger partial charge in [-0.3, -0.25) is 9.59 Å². The van der Waals surface area contributed by atoms with E-state index in [9.17, 15) is 49.8 Å². The van der Waals surface area contributed by atoms with Gasteiger partial charge in [0.2, 0.25) is 0 Å². The normalized spacial score (nSPS) is 11.6. The lowest BCUT2D eigenvalue weighted by atomic mass is 10.2. The smallest absolute Gasteiger partial charge is 0.418 e. The van der Waals surface area contributed by atoms with E-state index in [0.717, 1.165) is 38.1 Å². The van der Waals surface area contributed by atoms with Crippen molar-refractivity contribution in [3.63, 3.8) is 0 Å². The Morgan fingerprint density at radius 2 is 1.24 bits per heavy atom. The average Bonchev–Trinajstić information content (AvgIpc) is 2.92. The van der Waals surface area contributed by atoms with Gasteiger partial charge >= 0.3 is 12.4 Å². The highest BCUT2D eigenvalue weighted by molar-refractivity contribution is 6.32. The fourth-order valence-corrected chi connectivity index (χ4v) is 4.03. The van der Waals surface area contributed by atoms with Crippen LogP contribution in [0.2, 0.25) is 10.0 Å². The van der Waals surface area contributed by atoms with Crippen molar-refractivity contribution in [1.29, 1.82) is 0 Å². The lowest BCUT2D eigenvalue weighted by molar-refractivity contribution is -0.139. The number of aromatic hydroxyl groups is 1. The molecule has 0 fully saturated rings. The summed E-state index contributed by atoms with van der Waals surface area (Å²) in [6, 6.07) is 3.53. The summed E-state index contributed by atoms with van der Waals surface area (Å²) in [5.41, 5.74) is -6.06. The molecule has 4 aromatic rings. The Balaban J connectivity index is 0.000000254. The van der Waals surface area contributed by atoms with Crippen LogP contribution in [0.4, 0.5) is 35.1 Å². The van der Waals surface area contributed by atoms with Gasteiger partial charge in [0.05, 0.1) is 33.6 Å².